The first-order valence-corrected chi connectivity index (χ1v) is 15.9. The van der Waals surface area contributed by atoms with Gasteiger partial charge < -0.3 is 9.47 Å². The molecular formula is C29H27Cl2N3O5S2. The highest BCUT2D eigenvalue weighted by atomic mass is 35.5. The molecule has 0 N–H and O–H groups in total. The maximum absolute atomic E-state index is 13.2. The van der Waals surface area contributed by atoms with Gasteiger partial charge in [-0.25, -0.2) is 9.80 Å². The van der Waals surface area contributed by atoms with Gasteiger partial charge in [0.1, 0.15) is 5.71 Å². The molecule has 0 aliphatic carbocycles. The summed E-state index contributed by atoms with van der Waals surface area (Å²) in [5.74, 6) is -0.478. The molecule has 4 rings (SSSR count). The SMILES string of the molecule is CCOC(=O)/C=C/COC1(c2ccccc2)CN(C(=NS(=O)(=O)c2ccc(Cl)cc2)SC)N=C1c1ccc(Cl)cc1. The molecule has 12 heteroatoms. The minimum atomic E-state index is -4.07. The Balaban J connectivity index is 1.80. The quantitative estimate of drug-likeness (QED) is 0.121. The Morgan fingerprint density at radius 3 is 2.29 bits per heavy atom. The van der Waals surface area contributed by atoms with Crippen molar-refractivity contribution in [1.29, 1.82) is 0 Å². The standard InChI is InChI=1S/C29H27Cl2N3O5S2/c1-3-38-26(35)10-7-19-39-29(22-8-5-4-6-9-22)20-34(32-27(29)21-11-13-23(30)14-12-21)28(40-2)33-41(36,37)25-17-15-24(31)16-18-25/h4-18H,3,19-20H2,1-2H3/b10-7+,33-28?. The van der Waals surface area contributed by atoms with Gasteiger partial charge in [-0.3, -0.25) is 0 Å². The van der Waals surface area contributed by atoms with Crippen LogP contribution in [0.5, 0.6) is 0 Å². The molecule has 1 aliphatic heterocycles. The molecule has 8 nitrogen and oxygen atoms in total. The molecular weight excluding hydrogens is 605 g/mol. The summed E-state index contributed by atoms with van der Waals surface area (Å²) >= 11 is 13.3. The summed E-state index contributed by atoms with van der Waals surface area (Å²) < 4.78 is 42.0. The van der Waals surface area contributed by atoms with Crippen molar-refractivity contribution in [3.63, 3.8) is 0 Å². The number of benzene rings is 3. The van der Waals surface area contributed by atoms with E-state index in [0.717, 1.165) is 22.9 Å². The molecule has 0 bridgehead atoms. The van der Waals surface area contributed by atoms with E-state index < -0.39 is 21.6 Å². The highest BCUT2D eigenvalue weighted by Gasteiger charge is 2.47. The average Bonchev–Trinajstić information content (AvgIpc) is 3.36. The van der Waals surface area contributed by atoms with E-state index in [2.05, 4.69) is 4.40 Å². The second-order valence-corrected chi connectivity index (χ2v) is 11.9. The molecule has 214 valence electrons. The molecule has 0 aromatic heterocycles. The summed E-state index contributed by atoms with van der Waals surface area (Å²) in [6, 6.07) is 22.4. The molecule has 0 amide bonds. The fourth-order valence-electron chi connectivity index (χ4n) is 4.14. The maximum Gasteiger partial charge on any atom is 0.330 e. The Morgan fingerprint density at radius 1 is 1.05 bits per heavy atom. The van der Waals surface area contributed by atoms with Gasteiger partial charge >= 0.3 is 5.97 Å². The molecule has 1 atom stereocenters. The predicted octanol–water partition coefficient (Wildman–Crippen LogP) is 6.15. The molecule has 0 saturated heterocycles. The Morgan fingerprint density at radius 2 is 1.68 bits per heavy atom. The van der Waals surface area contributed by atoms with Gasteiger partial charge in [-0.1, -0.05) is 83.5 Å². The van der Waals surface area contributed by atoms with Crippen LogP contribution in [0, 0.1) is 0 Å². The highest BCUT2D eigenvalue weighted by molar-refractivity contribution is 8.13. The van der Waals surface area contributed by atoms with Crippen LogP contribution in [0.25, 0.3) is 0 Å². The van der Waals surface area contributed by atoms with Crippen LogP contribution < -0.4 is 0 Å². The number of sulfonamides is 1. The number of hydrogen-bond acceptors (Lipinski definition) is 7. The van der Waals surface area contributed by atoms with Gasteiger partial charge in [0.15, 0.2) is 10.8 Å². The summed E-state index contributed by atoms with van der Waals surface area (Å²) in [5.41, 5.74) is 0.864. The van der Waals surface area contributed by atoms with Crippen LogP contribution in [0.4, 0.5) is 0 Å². The number of nitrogens with zero attached hydrogens (tertiary/aromatic N) is 3. The largest absolute Gasteiger partial charge is 0.463 e. The molecule has 1 unspecified atom stereocenters. The van der Waals surface area contributed by atoms with Crippen molar-refractivity contribution in [2.75, 3.05) is 26.0 Å². The predicted molar refractivity (Wildman–Crippen MR) is 164 cm³/mol. The van der Waals surface area contributed by atoms with Gasteiger partial charge in [0.25, 0.3) is 10.0 Å². The first kappa shape index (κ1) is 30.8. The molecule has 0 radical (unpaired) electrons. The number of amidine groups is 1. The fourth-order valence-corrected chi connectivity index (χ4v) is 6.19. The Kier molecular flexibility index (Phi) is 10.3. The van der Waals surface area contributed by atoms with Crippen molar-refractivity contribution >= 4 is 61.8 Å². The summed E-state index contributed by atoms with van der Waals surface area (Å²) in [4.78, 5) is 11.9. The smallest absolute Gasteiger partial charge is 0.330 e. The molecule has 1 aliphatic rings. The van der Waals surface area contributed by atoms with Crippen molar-refractivity contribution in [2.45, 2.75) is 17.4 Å². The van der Waals surface area contributed by atoms with Crippen molar-refractivity contribution < 1.29 is 22.7 Å². The minimum Gasteiger partial charge on any atom is -0.463 e. The minimum absolute atomic E-state index is 0.00391. The summed E-state index contributed by atoms with van der Waals surface area (Å²) in [6.07, 6.45) is 4.60. The molecule has 1 heterocycles. The Hall–Kier alpha value is -3.15. The third-order valence-electron chi connectivity index (χ3n) is 6.01. The lowest BCUT2D eigenvalue weighted by Gasteiger charge is -2.31. The average molecular weight is 633 g/mol. The van der Waals surface area contributed by atoms with Crippen LogP contribution in [0.15, 0.2) is 105 Å². The maximum atomic E-state index is 13.2. The Bertz CT molecular complexity index is 1560. The highest BCUT2D eigenvalue weighted by Crippen LogP contribution is 2.38. The molecule has 3 aromatic rings. The van der Waals surface area contributed by atoms with E-state index in [0.29, 0.717) is 15.8 Å². The zero-order valence-corrected chi connectivity index (χ0v) is 25.4. The van der Waals surface area contributed by atoms with Gasteiger partial charge in [-0.2, -0.15) is 13.5 Å². The first-order chi connectivity index (χ1) is 19.7. The van der Waals surface area contributed by atoms with E-state index in [-0.39, 0.29) is 29.8 Å². The number of hydrogen-bond donors (Lipinski definition) is 0. The van der Waals surface area contributed by atoms with E-state index in [1.165, 1.54) is 35.4 Å². The lowest BCUT2D eigenvalue weighted by atomic mass is 9.85. The van der Waals surface area contributed by atoms with Crippen molar-refractivity contribution in [3.8, 4) is 0 Å². The lowest BCUT2D eigenvalue weighted by molar-refractivity contribution is -0.137. The Labute approximate surface area is 253 Å². The summed E-state index contributed by atoms with van der Waals surface area (Å²) in [5, 5.41) is 7.48. The van der Waals surface area contributed by atoms with Crippen LogP contribution in [0.3, 0.4) is 0 Å². The van der Waals surface area contributed by atoms with Crippen molar-refractivity contribution in [3.05, 3.63) is 112 Å². The second kappa shape index (κ2) is 13.7. The number of hydrazone groups is 1. The number of carbonyl (C=O) groups excluding carboxylic acids is 1. The number of rotatable bonds is 9. The second-order valence-electron chi connectivity index (χ2n) is 8.68. The third kappa shape index (κ3) is 7.38. The zero-order valence-electron chi connectivity index (χ0n) is 22.2. The van der Waals surface area contributed by atoms with E-state index in [9.17, 15) is 13.2 Å². The van der Waals surface area contributed by atoms with Crippen LogP contribution in [0.1, 0.15) is 18.1 Å². The van der Waals surface area contributed by atoms with E-state index in [1.807, 2.05) is 42.5 Å². The lowest BCUT2D eigenvalue weighted by Crippen LogP contribution is -2.42. The monoisotopic (exact) mass is 631 g/mol. The summed E-state index contributed by atoms with van der Waals surface area (Å²) in [7, 11) is -4.07. The normalized spacial score (nSPS) is 17.6. The number of ether oxygens (including phenoxy) is 2. The van der Waals surface area contributed by atoms with Crippen molar-refractivity contribution in [1.82, 2.24) is 5.01 Å². The molecule has 0 fully saturated rings. The third-order valence-corrected chi connectivity index (χ3v) is 8.58. The fraction of sp³-hybridized carbons (Fsp3) is 0.207. The van der Waals surface area contributed by atoms with Crippen LogP contribution in [-0.2, 0) is 29.9 Å². The van der Waals surface area contributed by atoms with Gasteiger partial charge in [0.05, 0.1) is 24.7 Å². The van der Waals surface area contributed by atoms with Crippen LogP contribution in [0.2, 0.25) is 10.0 Å². The zero-order chi connectivity index (χ0) is 29.5. The van der Waals surface area contributed by atoms with Crippen molar-refractivity contribution in [2.24, 2.45) is 9.50 Å². The van der Waals surface area contributed by atoms with E-state index in [1.54, 1.807) is 31.4 Å². The van der Waals surface area contributed by atoms with Crippen LogP contribution >= 0.6 is 35.0 Å². The molecule has 3 aromatic carbocycles. The molecule has 0 spiro atoms. The van der Waals surface area contributed by atoms with E-state index in [4.69, 9.17) is 37.8 Å². The van der Waals surface area contributed by atoms with Gasteiger partial charge in [0.2, 0.25) is 0 Å². The number of halogens is 2. The van der Waals surface area contributed by atoms with E-state index >= 15 is 0 Å². The van der Waals surface area contributed by atoms with Gasteiger partial charge in [-0.15, -0.1) is 4.40 Å². The number of esters is 1. The topological polar surface area (TPSA) is 97.6 Å². The number of thioether (sulfide) groups is 1. The van der Waals surface area contributed by atoms with Gasteiger partial charge in [0, 0.05) is 21.7 Å². The molecule has 0 saturated carbocycles. The summed E-state index contributed by atoms with van der Waals surface area (Å²) in [6.45, 7) is 2.14. The molecule has 41 heavy (non-hydrogen) atoms. The van der Waals surface area contributed by atoms with Gasteiger partial charge in [-0.05, 0) is 55.1 Å². The number of carbonyl (C=O) groups is 1. The van der Waals surface area contributed by atoms with Crippen LogP contribution in [-0.4, -0.2) is 56.3 Å². The first-order valence-electron chi connectivity index (χ1n) is 12.5.